The molecule has 1 aromatic carbocycles. The van der Waals surface area contributed by atoms with Crippen LogP contribution < -0.4 is 5.32 Å². The summed E-state index contributed by atoms with van der Waals surface area (Å²) in [5.74, 6) is 0. The normalized spacial score (nSPS) is 12.6. The summed E-state index contributed by atoms with van der Waals surface area (Å²) in [5.41, 5.74) is 2.71. The Kier molecular flexibility index (Phi) is 4.66. The Bertz CT molecular complexity index is 434. The lowest BCUT2D eigenvalue weighted by Gasteiger charge is -2.14. The molecule has 1 aromatic heterocycles. The van der Waals surface area contributed by atoms with E-state index in [-0.39, 0.29) is 0 Å². The molecule has 2 aromatic rings. The maximum atomic E-state index is 3.54. The molecule has 0 saturated heterocycles. The van der Waals surface area contributed by atoms with Gasteiger partial charge in [0.25, 0.3) is 0 Å². The first-order valence-electron chi connectivity index (χ1n) is 5.68. The van der Waals surface area contributed by atoms with E-state index < -0.39 is 0 Å². The van der Waals surface area contributed by atoms with Crippen LogP contribution in [0.5, 0.6) is 0 Å². The van der Waals surface area contributed by atoms with Crippen molar-refractivity contribution >= 4 is 23.1 Å². The summed E-state index contributed by atoms with van der Waals surface area (Å²) in [6.07, 6.45) is 2.10. The standard InChI is InChI=1S/C14H17NS2/c1-11(15-9-12-7-8-17-10-12)13-3-5-14(16-2)6-4-13/h3-8,10-11,15H,9H2,1-2H3. The zero-order valence-electron chi connectivity index (χ0n) is 10.1. The Labute approximate surface area is 111 Å². The lowest BCUT2D eigenvalue weighted by Crippen LogP contribution is -2.17. The molecule has 3 heteroatoms. The van der Waals surface area contributed by atoms with Crippen LogP contribution in [-0.4, -0.2) is 6.26 Å². The van der Waals surface area contributed by atoms with Gasteiger partial charge in [-0.2, -0.15) is 11.3 Å². The van der Waals surface area contributed by atoms with Gasteiger partial charge in [-0.3, -0.25) is 0 Å². The van der Waals surface area contributed by atoms with Crippen molar-refractivity contribution in [2.75, 3.05) is 6.26 Å². The van der Waals surface area contributed by atoms with Crippen molar-refractivity contribution in [3.8, 4) is 0 Å². The van der Waals surface area contributed by atoms with E-state index >= 15 is 0 Å². The number of thioether (sulfide) groups is 1. The van der Waals surface area contributed by atoms with E-state index in [2.05, 4.69) is 59.6 Å². The molecule has 0 saturated carbocycles. The first-order valence-corrected chi connectivity index (χ1v) is 7.85. The summed E-state index contributed by atoms with van der Waals surface area (Å²) in [7, 11) is 0. The van der Waals surface area contributed by atoms with E-state index in [1.54, 1.807) is 23.1 Å². The highest BCUT2D eigenvalue weighted by Crippen LogP contribution is 2.19. The predicted octanol–water partition coefficient (Wildman–Crippen LogP) is 4.32. The van der Waals surface area contributed by atoms with Crippen molar-refractivity contribution in [3.05, 3.63) is 52.2 Å². The minimum absolute atomic E-state index is 0.394. The van der Waals surface area contributed by atoms with Crippen LogP contribution in [-0.2, 0) is 6.54 Å². The lowest BCUT2D eigenvalue weighted by molar-refractivity contribution is 0.575. The molecule has 0 spiro atoms. The topological polar surface area (TPSA) is 12.0 Å². The number of thiophene rings is 1. The third kappa shape index (κ3) is 3.60. The van der Waals surface area contributed by atoms with Crippen molar-refractivity contribution in [1.82, 2.24) is 5.32 Å². The first kappa shape index (κ1) is 12.7. The van der Waals surface area contributed by atoms with Crippen LogP contribution in [0.4, 0.5) is 0 Å². The third-order valence-electron chi connectivity index (χ3n) is 2.81. The summed E-state index contributed by atoms with van der Waals surface area (Å²) >= 11 is 3.53. The monoisotopic (exact) mass is 263 g/mol. The Hall–Kier alpha value is -0.770. The zero-order valence-corrected chi connectivity index (χ0v) is 11.8. The number of hydrogen-bond acceptors (Lipinski definition) is 3. The molecule has 2 rings (SSSR count). The quantitative estimate of drug-likeness (QED) is 0.806. The fraction of sp³-hybridized carbons (Fsp3) is 0.286. The third-order valence-corrected chi connectivity index (χ3v) is 4.28. The second-order valence-corrected chi connectivity index (χ2v) is 5.67. The molecule has 0 aliphatic carbocycles. The van der Waals surface area contributed by atoms with Crippen molar-refractivity contribution in [2.24, 2.45) is 0 Å². The molecule has 1 atom stereocenters. The van der Waals surface area contributed by atoms with E-state index in [0.717, 1.165) is 6.54 Å². The van der Waals surface area contributed by atoms with Gasteiger partial charge in [-0.1, -0.05) is 12.1 Å². The molecule has 90 valence electrons. The van der Waals surface area contributed by atoms with Gasteiger partial charge in [0.1, 0.15) is 0 Å². The number of benzene rings is 1. The Morgan fingerprint density at radius 1 is 1.24 bits per heavy atom. The van der Waals surface area contributed by atoms with Crippen molar-refractivity contribution in [2.45, 2.75) is 24.4 Å². The van der Waals surface area contributed by atoms with Gasteiger partial charge in [-0.25, -0.2) is 0 Å². The molecule has 0 radical (unpaired) electrons. The fourth-order valence-electron chi connectivity index (χ4n) is 1.67. The molecule has 1 unspecified atom stereocenters. The van der Waals surface area contributed by atoms with Gasteiger partial charge in [0, 0.05) is 17.5 Å². The van der Waals surface area contributed by atoms with Crippen LogP contribution in [0.1, 0.15) is 24.1 Å². The molecule has 0 aliphatic rings. The highest BCUT2D eigenvalue weighted by Gasteiger charge is 2.04. The smallest absolute Gasteiger partial charge is 0.0294 e. The average Bonchev–Trinajstić information content (AvgIpc) is 2.89. The Morgan fingerprint density at radius 2 is 2.00 bits per heavy atom. The van der Waals surface area contributed by atoms with Crippen molar-refractivity contribution in [1.29, 1.82) is 0 Å². The van der Waals surface area contributed by atoms with Crippen LogP contribution >= 0.6 is 23.1 Å². The van der Waals surface area contributed by atoms with Crippen molar-refractivity contribution in [3.63, 3.8) is 0 Å². The molecule has 0 fully saturated rings. The van der Waals surface area contributed by atoms with Gasteiger partial charge in [0.15, 0.2) is 0 Å². The maximum Gasteiger partial charge on any atom is 0.0294 e. The second kappa shape index (κ2) is 6.24. The summed E-state index contributed by atoms with van der Waals surface area (Å²) in [5, 5.41) is 7.85. The van der Waals surface area contributed by atoms with Crippen LogP contribution in [0.2, 0.25) is 0 Å². The van der Waals surface area contributed by atoms with Crippen LogP contribution in [0, 0.1) is 0 Å². The molecular weight excluding hydrogens is 246 g/mol. The molecule has 17 heavy (non-hydrogen) atoms. The van der Waals surface area contributed by atoms with Gasteiger partial charge >= 0.3 is 0 Å². The molecular formula is C14H17NS2. The average molecular weight is 263 g/mol. The van der Waals surface area contributed by atoms with Gasteiger partial charge < -0.3 is 5.32 Å². The summed E-state index contributed by atoms with van der Waals surface area (Å²) in [6, 6.07) is 11.3. The van der Waals surface area contributed by atoms with E-state index in [1.807, 2.05) is 0 Å². The molecule has 1 N–H and O–H groups in total. The number of rotatable bonds is 5. The van der Waals surface area contributed by atoms with E-state index in [9.17, 15) is 0 Å². The summed E-state index contributed by atoms with van der Waals surface area (Å²) in [6.45, 7) is 3.15. The zero-order chi connectivity index (χ0) is 12.1. The molecule has 0 bridgehead atoms. The van der Waals surface area contributed by atoms with Gasteiger partial charge in [0.2, 0.25) is 0 Å². The van der Waals surface area contributed by atoms with Gasteiger partial charge in [0.05, 0.1) is 0 Å². The number of hydrogen-bond donors (Lipinski definition) is 1. The summed E-state index contributed by atoms with van der Waals surface area (Å²) < 4.78 is 0. The first-order chi connectivity index (χ1) is 8.29. The van der Waals surface area contributed by atoms with Crippen LogP contribution in [0.15, 0.2) is 46.0 Å². The molecule has 0 aliphatic heterocycles. The van der Waals surface area contributed by atoms with Crippen LogP contribution in [0.3, 0.4) is 0 Å². The SMILES string of the molecule is CSc1ccc(C(C)NCc2ccsc2)cc1. The van der Waals surface area contributed by atoms with E-state index in [1.165, 1.54) is 16.0 Å². The highest BCUT2D eigenvalue weighted by atomic mass is 32.2. The Morgan fingerprint density at radius 3 is 2.59 bits per heavy atom. The fourth-order valence-corrected chi connectivity index (χ4v) is 2.75. The van der Waals surface area contributed by atoms with Gasteiger partial charge in [-0.05, 0) is 53.3 Å². The second-order valence-electron chi connectivity index (χ2n) is 4.01. The van der Waals surface area contributed by atoms with Gasteiger partial charge in [-0.15, -0.1) is 11.8 Å². The largest absolute Gasteiger partial charge is 0.306 e. The van der Waals surface area contributed by atoms with E-state index in [4.69, 9.17) is 0 Å². The molecule has 1 heterocycles. The van der Waals surface area contributed by atoms with Crippen molar-refractivity contribution < 1.29 is 0 Å². The predicted molar refractivity (Wildman–Crippen MR) is 77.8 cm³/mol. The minimum Gasteiger partial charge on any atom is -0.306 e. The minimum atomic E-state index is 0.394. The molecule has 1 nitrogen and oxygen atoms in total. The number of nitrogens with one attached hydrogen (secondary N) is 1. The molecule has 0 amide bonds. The maximum absolute atomic E-state index is 3.54. The Balaban J connectivity index is 1.92. The van der Waals surface area contributed by atoms with Crippen LogP contribution in [0.25, 0.3) is 0 Å². The highest BCUT2D eigenvalue weighted by molar-refractivity contribution is 7.98. The summed E-state index contributed by atoms with van der Waals surface area (Å²) in [4.78, 5) is 1.32. The van der Waals surface area contributed by atoms with E-state index in [0.29, 0.717) is 6.04 Å². The lowest BCUT2D eigenvalue weighted by atomic mass is 10.1.